The van der Waals surface area contributed by atoms with Gasteiger partial charge in [0.25, 0.3) is 0 Å². The molecule has 2 heteroatoms. The lowest BCUT2D eigenvalue weighted by Crippen LogP contribution is -2.38. The van der Waals surface area contributed by atoms with Crippen LogP contribution >= 0.6 is 0 Å². The van der Waals surface area contributed by atoms with E-state index in [2.05, 4.69) is 19.2 Å². The molecule has 1 rings (SSSR count). The van der Waals surface area contributed by atoms with Crippen LogP contribution < -0.4 is 5.32 Å². The minimum Gasteiger partial charge on any atom is -0.395 e. The Morgan fingerprint density at radius 2 is 2.10 bits per heavy atom. The van der Waals surface area contributed by atoms with Crippen molar-refractivity contribution in [3.8, 4) is 0 Å². The van der Waals surface area contributed by atoms with Crippen molar-refractivity contribution in [3.63, 3.8) is 0 Å². The van der Waals surface area contributed by atoms with E-state index in [1.807, 2.05) is 0 Å². The Morgan fingerprint density at radius 3 is 2.40 bits per heavy atom. The van der Waals surface area contributed by atoms with Crippen LogP contribution in [0, 0.1) is 5.92 Å². The second kappa shape index (κ2) is 3.35. The van der Waals surface area contributed by atoms with Gasteiger partial charge in [-0.2, -0.15) is 0 Å². The van der Waals surface area contributed by atoms with E-state index in [0.717, 1.165) is 5.92 Å². The number of nitrogens with one attached hydrogen (secondary N) is 1. The van der Waals surface area contributed by atoms with Gasteiger partial charge in [-0.1, -0.05) is 13.8 Å². The molecule has 0 bridgehead atoms. The predicted octanol–water partition coefficient (Wildman–Crippen LogP) is 0.755. The average molecular weight is 143 g/mol. The summed E-state index contributed by atoms with van der Waals surface area (Å²) in [6.07, 6.45) is 2.59. The highest BCUT2D eigenvalue weighted by atomic mass is 16.3. The molecule has 10 heavy (non-hydrogen) atoms. The summed E-state index contributed by atoms with van der Waals surface area (Å²) in [6, 6.07) is 0.859. The van der Waals surface area contributed by atoms with Gasteiger partial charge in [-0.05, 0) is 18.8 Å². The molecule has 60 valence electrons. The van der Waals surface area contributed by atoms with Crippen LogP contribution in [-0.2, 0) is 0 Å². The summed E-state index contributed by atoms with van der Waals surface area (Å²) < 4.78 is 0. The number of rotatable bonds is 4. The molecule has 0 aliphatic heterocycles. The molecule has 1 aliphatic carbocycles. The Morgan fingerprint density at radius 1 is 1.50 bits per heavy atom. The van der Waals surface area contributed by atoms with Gasteiger partial charge in [0.1, 0.15) is 0 Å². The molecule has 0 aromatic heterocycles. The lowest BCUT2D eigenvalue weighted by Gasteiger charge is -2.17. The van der Waals surface area contributed by atoms with Crippen molar-refractivity contribution < 1.29 is 5.11 Å². The summed E-state index contributed by atoms with van der Waals surface area (Å²) >= 11 is 0. The molecule has 0 amide bonds. The van der Waals surface area contributed by atoms with E-state index in [-0.39, 0.29) is 0 Å². The van der Waals surface area contributed by atoms with Gasteiger partial charge in [-0.25, -0.2) is 0 Å². The molecule has 1 saturated carbocycles. The first kappa shape index (κ1) is 8.02. The largest absolute Gasteiger partial charge is 0.395 e. The summed E-state index contributed by atoms with van der Waals surface area (Å²) in [5.41, 5.74) is 0. The topological polar surface area (TPSA) is 32.3 Å². The summed E-state index contributed by atoms with van der Waals surface area (Å²) in [7, 11) is 0. The van der Waals surface area contributed by atoms with Crippen LogP contribution in [0.25, 0.3) is 0 Å². The second-order valence-electron chi connectivity index (χ2n) is 3.45. The van der Waals surface area contributed by atoms with Crippen molar-refractivity contribution >= 4 is 0 Å². The minimum atomic E-state index is 0.294. The van der Waals surface area contributed by atoms with Gasteiger partial charge in [0.2, 0.25) is 0 Å². The van der Waals surface area contributed by atoms with E-state index in [1.54, 1.807) is 0 Å². The van der Waals surface area contributed by atoms with Crippen LogP contribution in [0.4, 0.5) is 0 Å². The van der Waals surface area contributed by atoms with Crippen molar-refractivity contribution in [1.29, 1.82) is 0 Å². The zero-order chi connectivity index (χ0) is 7.56. The predicted molar refractivity (Wildman–Crippen MR) is 41.9 cm³/mol. The summed E-state index contributed by atoms with van der Waals surface area (Å²) in [4.78, 5) is 0. The Bertz CT molecular complexity index is 99.4. The monoisotopic (exact) mass is 143 g/mol. The molecular formula is C8H17NO. The van der Waals surface area contributed by atoms with Crippen LogP contribution in [0.3, 0.4) is 0 Å². The number of hydrogen-bond donors (Lipinski definition) is 2. The molecule has 0 heterocycles. The summed E-state index contributed by atoms with van der Waals surface area (Å²) in [5.74, 6) is 0.757. The zero-order valence-electron chi connectivity index (χ0n) is 6.80. The Balaban J connectivity index is 2.19. The van der Waals surface area contributed by atoms with Crippen molar-refractivity contribution in [2.75, 3.05) is 6.61 Å². The molecule has 1 aliphatic rings. The number of aliphatic hydroxyl groups excluding tert-OH is 1. The van der Waals surface area contributed by atoms with Gasteiger partial charge in [-0.15, -0.1) is 0 Å². The SMILES string of the molecule is CC(C)N[C@@H](CO)C1CC1. The van der Waals surface area contributed by atoms with Crippen LogP contribution in [0.5, 0.6) is 0 Å². The third-order valence-corrected chi connectivity index (χ3v) is 1.94. The van der Waals surface area contributed by atoms with Gasteiger partial charge >= 0.3 is 0 Å². The van der Waals surface area contributed by atoms with E-state index in [0.29, 0.717) is 18.7 Å². The highest BCUT2D eigenvalue weighted by Crippen LogP contribution is 2.32. The number of aliphatic hydroxyl groups is 1. The van der Waals surface area contributed by atoms with Crippen LogP contribution in [0.15, 0.2) is 0 Å². The maximum absolute atomic E-state index is 8.92. The minimum absolute atomic E-state index is 0.294. The quantitative estimate of drug-likeness (QED) is 0.609. The molecule has 0 unspecified atom stereocenters. The molecule has 0 saturated heterocycles. The van der Waals surface area contributed by atoms with Crippen molar-refractivity contribution in [2.45, 2.75) is 38.8 Å². The first-order valence-electron chi connectivity index (χ1n) is 4.11. The van der Waals surface area contributed by atoms with E-state index in [9.17, 15) is 0 Å². The molecule has 2 nitrogen and oxygen atoms in total. The molecule has 1 fully saturated rings. The van der Waals surface area contributed by atoms with Crippen LogP contribution in [0.2, 0.25) is 0 Å². The summed E-state index contributed by atoms with van der Waals surface area (Å²) in [5, 5.41) is 12.3. The second-order valence-corrected chi connectivity index (χ2v) is 3.45. The lowest BCUT2D eigenvalue weighted by molar-refractivity contribution is 0.221. The molecule has 0 aromatic rings. The van der Waals surface area contributed by atoms with Gasteiger partial charge in [-0.3, -0.25) is 0 Å². The Hall–Kier alpha value is -0.0800. The van der Waals surface area contributed by atoms with E-state index >= 15 is 0 Å². The normalized spacial score (nSPS) is 21.6. The standard InChI is InChI=1S/C8H17NO/c1-6(2)9-8(5-10)7-3-4-7/h6-10H,3-5H2,1-2H3/t8-/m0/s1. The Labute approximate surface area is 62.6 Å². The van der Waals surface area contributed by atoms with Gasteiger partial charge in [0.15, 0.2) is 0 Å². The van der Waals surface area contributed by atoms with E-state index < -0.39 is 0 Å². The first-order chi connectivity index (χ1) is 4.74. The molecule has 1 atom stereocenters. The average Bonchev–Trinajstić information content (AvgIpc) is 2.63. The third kappa shape index (κ3) is 2.27. The van der Waals surface area contributed by atoms with Gasteiger partial charge < -0.3 is 10.4 Å². The lowest BCUT2D eigenvalue weighted by atomic mass is 10.2. The number of hydrogen-bond acceptors (Lipinski definition) is 2. The molecule has 2 N–H and O–H groups in total. The van der Waals surface area contributed by atoms with Crippen LogP contribution in [-0.4, -0.2) is 23.8 Å². The molecular weight excluding hydrogens is 126 g/mol. The summed E-state index contributed by atoms with van der Waals surface area (Å²) in [6.45, 7) is 4.53. The third-order valence-electron chi connectivity index (χ3n) is 1.94. The highest BCUT2D eigenvalue weighted by molar-refractivity contribution is 4.86. The Kier molecular flexibility index (Phi) is 2.69. The zero-order valence-corrected chi connectivity index (χ0v) is 6.80. The maximum Gasteiger partial charge on any atom is 0.0587 e. The van der Waals surface area contributed by atoms with E-state index in [1.165, 1.54) is 12.8 Å². The van der Waals surface area contributed by atoms with Gasteiger partial charge in [0, 0.05) is 12.1 Å². The van der Waals surface area contributed by atoms with Crippen LogP contribution in [0.1, 0.15) is 26.7 Å². The maximum atomic E-state index is 8.92. The molecule has 0 radical (unpaired) electrons. The smallest absolute Gasteiger partial charge is 0.0587 e. The van der Waals surface area contributed by atoms with Crippen molar-refractivity contribution in [1.82, 2.24) is 5.32 Å². The molecule has 0 spiro atoms. The first-order valence-corrected chi connectivity index (χ1v) is 4.11. The molecule has 0 aromatic carbocycles. The van der Waals surface area contributed by atoms with E-state index in [4.69, 9.17) is 5.11 Å². The fourth-order valence-corrected chi connectivity index (χ4v) is 1.26. The highest BCUT2D eigenvalue weighted by Gasteiger charge is 2.30. The van der Waals surface area contributed by atoms with Gasteiger partial charge in [0.05, 0.1) is 6.61 Å². The van der Waals surface area contributed by atoms with Crippen molar-refractivity contribution in [3.05, 3.63) is 0 Å². The fraction of sp³-hybridized carbons (Fsp3) is 1.00. The van der Waals surface area contributed by atoms with Crippen molar-refractivity contribution in [2.24, 2.45) is 5.92 Å². The fourth-order valence-electron chi connectivity index (χ4n) is 1.26.